The Kier molecular flexibility index (Phi) is 3.43. The van der Waals surface area contributed by atoms with Crippen LogP contribution in [0.1, 0.15) is 12.7 Å². The van der Waals surface area contributed by atoms with Gasteiger partial charge in [0.1, 0.15) is 5.82 Å². The van der Waals surface area contributed by atoms with Crippen LogP contribution in [-0.4, -0.2) is 29.0 Å². The summed E-state index contributed by atoms with van der Waals surface area (Å²) < 4.78 is 4.12. The molecule has 4 nitrogen and oxygen atoms in total. The van der Waals surface area contributed by atoms with Crippen LogP contribution in [0.25, 0.3) is 0 Å². The van der Waals surface area contributed by atoms with Gasteiger partial charge in [-0.25, -0.2) is 4.98 Å². The van der Waals surface area contributed by atoms with Gasteiger partial charge in [-0.05, 0) is 13.8 Å². The summed E-state index contributed by atoms with van der Waals surface area (Å²) in [5.41, 5.74) is 5.46. The van der Waals surface area contributed by atoms with Crippen molar-refractivity contribution in [3.05, 3.63) is 5.82 Å². The molecule has 0 bridgehead atoms. The highest BCUT2D eigenvalue weighted by molar-refractivity contribution is 7.09. The number of likely N-dealkylation sites (N-methyl/N-ethyl adjacent to an activating group) is 1. The highest BCUT2D eigenvalue weighted by Gasteiger charge is 2.07. The van der Waals surface area contributed by atoms with Crippen LogP contribution in [0.2, 0.25) is 0 Å². The number of hydrogen-bond acceptors (Lipinski definition) is 5. The van der Waals surface area contributed by atoms with Crippen molar-refractivity contribution >= 4 is 16.7 Å². The lowest BCUT2D eigenvalue weighted by Gasteiger charge is -2.17. The van der Waals surface area contributed by atoms with Crippen molar-refractivity contribution < 1.29 is 0 Å². The lowest BCUT2D eigenvalue weighted by atomic mass is 10.5. The molecule has 0 fully saturated rings. The first-order chi connectivity index (χ1) is 5.77. The molecule has 0 aliphatic carbocycles. The highest BCUT2D eigenvalue weighted by Crippen LogP contribution is 2.15. The van der Waals surface area contributed by atoms with Gasteiger partial charge in [-0.15, -0.1) is 0 Å². The second kappa shape index (κ2) is 4.37. The molecule has 1 heterocycles. The van der Waals surface area contributed by atoms with Gasteiger partial charge >= 0.3 is 0 Å². The summed E-state index contributed by atoms with van der Waals surface area (Å²) in [6.07, 6.45) is 0. The van der Waals surface area contributed by atoms with Gasteiger partial charge in [-0.2, -0.15) is 4.37 Å². The molecule has 1 aromatic rings. The van der Waals surface area contributed by atoms with Crippen LogP contribution in [0.3, 0.4) is 0 Å². The summed E-state index contributed by atoms with van der Waals surface area (Å²) in [7, 11) is 0. The van der Waals surface area contributed by atoms with E-state index in [9.17, 15) is 0 Å². The van der Waals surface area contributed by atoms with E-state index in [1.165, 1.54) is 11.5 Å². The number of nitrogens with two attached hydrogens (primary N) is 1. The molecule has 68 valence electrons. The monoisotopic (exact) mass is 186 g/mol. The van der Waals surface area contributed by atoms with E-state index in [1.54, 1.807) is 0 Å². The lowest BCUT2D eigenvalue weighted by Crippen LogP contribution is -2.28. The lowest BCUT2D eigenvalue weighted by molar-refractivity contribution is 0.810. The van der Waals surface area contributed by atoms with Gasteiger partial charge in [-0.3, -0.25) is 0 Å². The van der Waals surface area contributed by atoms with Crippen LogP contribution in [0.5, 0.6) is 0 Å². The number of aromatic nitrogens is 2. The summed E-state index contributed by atoms with van der Waals surface area (Å²) >= 11 is 1.43. The van der Waals surface area contributed by atoms with Crippen LogP contribution < -0.4 is 10.6 Å². The number of rotatable bonds is 4. The van der Waals surface area contributed by atoms with Gasteiger partial charge in [0, 0.05) is 31.2 Å². The molecular formula is C7H14N4S. The maximum Gasteiger partial charge on any atom is 0.205 e. The average Bonchev–Trinajstić information content (AvgIpc) is 2.47. The fourth-order valence-corrected chi connectivity index (χ4v) is 1.72. The van der Waals surface area contributed by atoms with Crippen LogP contribution in [0, 0.1) is 6.92 Å². The molecule has 0 amide bonds. The van der Waals surface area contributed by atoms with Crippen molar-refractivity contribution in [2.75, 3.05) is 24.5 Å². The minimum Gasteiger partial charge on any atom is -0.346 e. The third-order valence-corrected chi connectivity index (χ3v) is 2.44. The number of anilines is 1. The number of nitrogens with zero attached hydrogens (tertiary/aromatic N) is 3. The smallest absolute Gasteiger partial charge is 0.205 e. The Hall–Kier alpha value is -0.680. The molecule has 0 unspecified atom stereocenters. The second-order valence-corrected chi connectivity index (χ2v) is 3.22. The van der Waals surface area contributed by atoms with Crippen molar-refractivity contribution in [2.45, 2.75) is 13.8 Å². The summed E-state index contributed by atoms with van der Waals surface area (Å²) in [5, 5.41) is 0.973. The second-order valence-electron chi connectivity index (χ2n) is 2.49. The molecule has 1 rings (SSSR count). The molecule has 12 heavy (non-hydrogen) atoms. The SMILES string of the molecule is CCN(CCN)c1nc(C)ns1. The van der Waals surface area contributed by atoms with Crippen molar-refractivity contribution in [1.29, 1.82) is 0 Å². The standard InChI is InChI=1S/C7H14N4S/c1-3-11(5-4-8)7-9-6(2)10-12-7/h3-5,8H2,1-2H3. The Morgan fingerprint density at radius 1 is 1.58 bits per heavy atom. The molecule has 5 heteroatoms. The first-order valence-electron chi connectivity index (χ1n) is 4.03. The Morgan fingerprint density at radius 2 is 2.33 bits per heavy atom. The quantitative estimate of drug-likeness (QED) is 0.749. The Bertz CT molecular complexity index is 235. The van der Waals surface area contributed by atoms with Crippen LogP contribution >= 0.6 is 11.5 Å². The van der Waals surface area contributed by atoms with E-state index >= 15 is 0 Å². The van der Waals surface area contributed by atoms with E-state index < -0.39 is 0 Å². The molecule has 0 atom stereocenters. The van der Waals surface area contributed by atoms with Gasteiger partial charge in [-0.1, -0.05) is 0 Å². The molecule has 0 radical (unpaired) electrons. The average molecular weight is 186 g/mol. The Balaban J connectivity index is 2.66. The van der Waals surface area contributed by atoms with E-state index in [1.807, 2.05) is 6.92 Å². The van der Waals surface area contributed by atoms with E-state index in [0.717, 1.165) is 24.0 Å². The first-order valence-corrected chi connectivity index (χ1v) is 4.80. The predicted molar refractivity (Wildman–Crippen MR) is 51.6 cm³/mol. The van der Waals surface area contributed by atoms with Gasteiger partial charge < -0.3 is 10.6 Å². The van der Waals surface area contributed by atoms with Crippen molar-refractivity contribution in [3.63, 3.8) is 0 Å². The molecule has 0 aliphatic rings. The molecule has 0 aromatic carbocycles. The van der Waals surface area contributed by atoms with Crippen molar-refractivity contribution in [2.24, 2.45) is 5.73 Å². The zero-order valence-electron chi connectivity index (χ0n) is 7.45. The molecule has 0 aliphatic heterocycles. The molecule has 0 saturated carbocycles. The Morgan fingerprint density at radius 3 is 2.75 bits per heavy atom. The summed E-state index contributed by atoms with van der Waals surface area (Å²) in [5.74, 6) is 0.838. The number of aryl methyl sites for hydroxylation is 1. The fraction of sp³-hybridized carbons (Fsp3) is 0.714. The Labute approximate surface area is 76.6 Å². The fourth-order valence-electron chi connectivity index (χ4n) is 0.959. The highest BCUT2D eigenvalue weighted by atomic mass is 32.1. The molecule has 0 saturated heterocycles. The maximum absolute atomic E-state index is 5.46. The topological polar surface area (TPSA) is 55.0 Å². The normalized spacial score (nSPS) is 10.2. The third-order valence-electron chi connectivity index (χ3n) is 1.57. The van der Waals surface area contributed by atoms with Gasteiger partial charge in [0.25, 0.3) is 0 Å². The van der Waals surface area contributed by atoms with Crippen molar-refractivity contribution in [1.82, 2.24) is 9.36 Å². The van der Waals surface area contributed by atoms with Crippen molar-refractivity contribution in [3.8, 4) is 0 Å². The molecule has 0 spiro atoms. The zero-order chi connectivity index (χ0) is 8.97. The van der Waals surface area contributed by atoms with E-state index in [0.29, 0.717) is 6.54 Å². The summed E-state index contributed by atoms with van der Waals surface area (Å²) in [6.45, 7) is 6.44. The molecule has 1 aromatic heterocycles. The minimum atomic E-state index is 0.659. The zero-order valence-corrected chi connectivity index (χ0v) is 8.27. The van der Waals surface area contributed by atoms with E-state index in [-0.39, 0.29) is 0 Å². The number of hydrogen-bond donors (Lipinski definition) is 1. The van der Waals surface area contributed by atoms with Gasteiger partial charge in [0.05, 0.1) is 0 Å². The predicted octanol–water partition coefficient (Wildman–Crippen LogP) is 0.632. The summed E-state index contributed by atoms with van der Waals surface area (Å²) in [4.78, 5) is 6.41. The van der Waals surface area contributed by atoms with Crippen LogP contribution in [-0.2, 0) is 0 Å². The van der Waals surface area contributed by atoms with Gasteiger partial charge in [0.2, 0.25) is 5.13 Å². The minimum absolute atomic E-state index is 0.659. The summed E-state index contributed by atoms with van der Waals surface area (Å²) in [6, 6.07) is 0. The largest absolute Gasteiger partial charge is 0.346 e. The van der Waals surface area contributed by atoms with E-state index in [4.69, 9.17) is 5.73 Å². The molecule has 2 N–H and O–H groups in total. The van der Waals surface area contributed by atoms with E-state index in [2.05, 4.69) is 21.2 Å². The van der Waals surface area contributed by atoms with Crippen LogP contribution in [0.4, 0.5) is 5.13 Å². The molecular weight excluding hydrogens is 172 g/mol. The van der Waals surface area contributed by atoms with Crippen LogP contribution in [0.15, 0.2) is 0 Å². The van der Waals surface area contributed by atoms with Gasteiger partial charge in [0.15, 0.2) is 0 Å². The first kappa shape index (κ1) is 9.41. The maximum atomic E-state index is 5.46. The third kappa shape index (κ3) is 2.15.